The van der Waals surface area contributed by atoms with Crippen LogP contribution in [0.2, 0.25) is 0 Å². The van der Waals surface area contributed by atoms with Gasteiger partial charge in [-0.1, -0.05) is 163 Å². The lowest BCUT2D eigenvalue weighted by atomic mass is 9.83. The van der Waals surface area contributed by atoms with Crippen LogP contribution in [0.15, 0.2) is 0 Å². The molecule has 0 aliphatic carbocycles. The normalized spacial score (nSPS) is 11.9. The quantitative estimate of drug-likeness (QED) is 0.0492. The second-order valence-corrected chi connectivity index (χ2v) is 17.6. The molecule has 0 aromatic rings. The van der Waals surface area contributed by atoms with E-state index in [2.05, 4.69) is 39.5 Å². The molecule has 0 saturated heterocycles. The molecule has 0 aromatic heterocycles. The maximum Gasteiger partial charge on any atom is 0.305 e. The summed E-state index contributed by atoms with van der Waals surface area (Å²) in [5.41, 5.74) is 0.235. The van der Waals surface area contributed by atoms with Crippen molar-refractivity contribution in [3.8, 4) is 0 Å². The summed E-state index contributed by atoms with van der Waals surface area (Å²) >= 11 is 0. The van der Waals surface area contributed by atoms with Gasteiger partial charge in [-0.3, -0.25) is 9.59 Å². The minimum atomic E-state index is -0.0267. The first-order valence-electron chi connectivity index (χ1n) is 23.9. The molecular weight excluding hydrogens is 671 g/mol. The van der Waals surface area contributed by atoms with Crippen molar-refractivity contribution in [2.24, 2.45) is 11.3 Å². The zero-order valence-electron chi connectivity index (χ0n) is 37.2. The standard InChI is InChI=1S/C48H95NO5/c1-6-9-12-15-18-21-26-35-46(51)53-43-32-38-48(4,5)37-31-41-49(40-29-30-42-50)39-28-23-22-27-36-47(52)54-44-45(33-24-19-16-13-10-7-2)34-25-20-17-14-11-8-3/h45,50H,6-44H2,1-5H3. The number of rotatable bonds is 43. The van der Waals surface area contributed by atoms with E-state index in [-0.39, 0.29) is 24.0 Å². The number of aliphatic hydroxyl groups is 1. The molecule has 1 N–H and O–H groups in total. The minimum absolute atomic E-state index is 0.000737. The Bertz CT molecular complexity index is 786. The van der Waals surface area contributed by atoms with Crippen LogP contribution in [0.1, 0.15) is 247 Å². The summed E-state index contributed by atoms with van der Waals surface area (Å²) in [6.45, 7) is 16.1. The van der Waals surface area contributed by atoms with Crippen molar-refractivity contribution in [2.45, 2.75) is 247 Å². The topological polar surface area (TPSA) is 76.1 Å². The summed E-state index contributed by atoms with van der Waals surface area (Å²) in [6.07, 6.45) is 38.4. The molecule has 0 atom stereocenters. The van der Waals surface area contributed by atoms with Gasteiger partial charge < -0.3 is 19.5 Å². The summed E-state index contributed by atoms with van der Waals surface area (Å²) in [5, 5.41) is 9.34. The lowest BCUT2D eigenvalue weighted by molar-refractivity contribution is -0.145. The van der Waals surface area contributed by atoms with E-state index in [4.69, 9.17) is 9.47 Å². The lowest BCUT2D eigenvalue weighted by Crippen LogP contribution is -2.28. The van der Waals surface area contributed by atoms with Crippen molar-refractivity contribution in [3.05, 3.63) is 0 Å². The number of esters is 2. The van der Waals surface area contributed by atoms with Crippen molar-refractivity contribution >= 4 is 11.9 Å². The monoisotopic (exact) mass is 766 g/mol. The predicted octanol–water partition coefficient (Wildman–Crippen LogP) is 13.9. The van der Waals surface area contributed by atoms with Gasteiger partial charge in [-0.15, -0.1) is 0 Å². The third-order valence-electron chi connectivity index (χ3n) is 11.5. The van der Waals surface area contributed by atoms with E-state index in [0.29, 0.717) is 32.0 Å². The van der Waals surface area contributed by atoms with Gasteiger partial charge in [0.1, 0.15) is 0 Å². The Labute approximate surface area is 337 Å². The average Bonchev–Trinajstić information content (AvgIpc) is 3.15. The van der Waals surface area contributed by atoms with Crippen LogP contribution in [0.3, 0.4) is 0 Å². The van der Waals surface area contributed by atoms with Crippen molar-refractivity contribution in [1.82, 2.24) is 4.90 Å². The number of unbranched alkanes of at least 4 members (excludes halogenated alkanes) is 20. The zero-order valence-corrected chi connectivity index (χ0v) is 37.2. The summed E-state index contributed by atoms with van der Waals surface area (Å²) in [4.78, 5) is 27.4. The molecular formula is C48H95NO5. The summed E-state index contributed by atoms with van der Waals surface area (Å²) < 4.78 is 11.4. The molecule has 0 aliphatic heterocycles. The molecule has 0 rings (SSSR count). The predicted molar refractivity (Wildman–Crippen MR) is 232 cm³/mol. The highest BCUT2D eigenvalue weighted by Gasteiger charge is 2.18. The number of ether oxygens (including phenoxy) is 2. The van der Waals surface area contributed by atoms with Crippen LogP contribution in [0.25, 0.3) is 0 Å². The molecule has 0 unspecified atom stereocenters. The van der Waals surface area contributed by atoms with E-state index in [1.165, 1.54) is 122 Å². The highest BCUT2D eigenvalue weighted by Crippen LogP contribution is 2.28. The third-order valence-corrected chi connectivity index (χ3v) is 11.5. The molecule has 0 heterocycles. The molecule has 6 heteroatoms. The number of nitrogens with zero attached hydrogens (tertiary/aromatic N) is 1. The fourth-order valence-corrected chi connectivity index (χ4v) is 7.70. The minimum Gasteiger partial charge on any atom is -0.466 e. The first-order chi connectivity index (χ1) is 26.3. The smallest absolute Gasteiger partial charge is 0.305 e. The van der Waals surface area contributed by atoms with Gasteiger partial charge in [-0.25, -0.2) is 0 Å². The highest BCUT2D eigenvalue weighted by molar-refractivity contribution is 5.69. The van der Waals surface area contributed by atoms with Gasteiger partial charge in [0.15, 0.2) is 0 Å². The Morgan fingerprint density at radius 3 is 1.43 bits per heavy atom. The van der Waals surface area contributed by atoms with Gasteiger partial charge in [0, 0.05) is 19.4 Å². The number of hydrogen-bond donors (Lipinski definition) is 1. The summed E-state index contributed by atoms with van der Waals surface area (Å²) in [5.74, 6) is 0.504. The van der Waals surface area contributed by atoms with Crippen LogP contribution in [0, 0.1) is 11.3 Å². The molecule has 0 aromatic carbocycles. The number of carbonyl (C=O) groups is 2. The average molecular weight is 766 g/mol. The van der Waals surface area contributed by atoms with Gasteiger partial charge in [-0.05, 0) is 102 Å². The first-order valence-corrected chi connectivity index (χ1v) is 23.9. The van der Waals surface area contributed by atoms with E-state index in [9.17, 15) is 14.7 Å². The Morgan fingerprint density at radius 2 is 0.907 bits per heavy atom. The van der Waals surface area contributed by atoms with Crippen LogP contribution in [0.4, 0.5) is 0 Å². The molecule has 0 aliphatic rings. The van der Waals surface area contributed by atoms with Gasteiger partial charge >= 0.3 is 11.9 Å². The van der Waals surface area contributed by atoms with Gasteiger partial charge in [0.05, 0.1) is 13.2 Å². The zero-order chi connectivity index (χ0) is 39.8. The second kappa shape index (κ2) is 40.1. The molecule has 322 valence electrons. The van der Waals surface area contributed by atoms with Crippen molar-refractivity contribution in [2.75, 3.05) is 39.5 Å². The maximum atomic E-state index is 12.7. The highest BCUT2D eigenvalue weighted by atomic mass is 16.5. The maximum absolute atomic E-state index is 12.7. The Morgan fingerprint density at radius 1 is 0.500 bits per heavy atom. The molecule has 6 nitrogen and oxygen atoms in total. The van der Waals surface area contributed by atoms with Gasteiger partial charge in [-0.2, -0.15) is 0 Å². The SMILES string of the molecule is CCCCCCCCCC(=O)OCCCC(C)(C)CCCN(CCCCO)CCCCCCC(=O)OCC(CCCCCCCC)CCCCCCCC. The molecule has 0 spiro atoms. The van der Waals surface area contributed by atoms with Crippen LogP contribution < -0.4 is 0 Å². The fourth-order valence-electron chi connectivity index (χ4n) is 7.70. The van der Waals surface area contributed by atoms with Crippen LogP contribution >= 0.6 is 0 Å². The molecule has 0 fully saturated rings. The molecule has 0 saturated carbocycles. The second-order valence-electron chi connectivity index (χ2n) is 17.6. The molecule has 0 radical (unpaired) electrons. The van der Waals surface area contributed by atoms with Crippen molar-refractivity contribution < 1.29 is 24.2 Å². The van der Waals surface area contributed by atoms with Crippen molar-refractivity contribution in [1.29, 1.82) is 0 Å². The first kappa shape index (κ1) is 52.9. The fraction of sp³-hybridized carbons (Fsp3) is 0.958. The summed E-state index contributed by atoms with van der Waals surface area (Å²) in [6, 6.07) is 0. The largest absolute Gasteiger partial charge is 0.466 e. The molecule has 0 amide bonds. The lowest BCUT2D eigenvalue weighted by Gasteiger charge is -2.27. The van der Waals surface area contributed by atoms with E-state index in [0.717, 1.165) is 96.7 Å². The molecule has 54 heavy (non-hydrogen) atoms. The third kappa shape index (κ3) is 37.8. The van der Waals surface area contributed by atoms with Gasteiger partial charge in [0.25, 0.3) is 0 Å². The van der Waals surface area contributed by atoms with Crippen LogP contribution in [-0.2, 0) is 19.1 Å². The van der Waals surface area contributed by atoms with Gasteiger partial charge in [0.2, 0.25) is 0 Å². The van der Waals surface area contributed by atoms with Crippen LogP contribution in [-0.4, -0.2) is 61.4 Å². The number of hydrogen-bond acceptors (Lipinski definition) is 6. The van der Waals surface area contributed by atoms with E-state index < -0.39 is 0 Å². The molecule has 0 bridgehead atoms. The van der Waals surface area contributed by atoms with E-state index in [1.807, 2.05) is 0 Å². The number of aliphatic hydroxyl groups excluding tert-OH is 1. The Hall–Kier alpha value is -1.14. The Kier molecular flexibility index (Phi) is 39.2. The van der Waals surface area contributed by atoms with Crippen LogP contribution in [0.5, 0.6) is 0 Å². The van der Waals surface area contributed by atoms with Crippen molar-refractivity contribution in [3.63, 3.8) is 0 Å². The Balaban J connectivity index is 4.30. The summed E-state index contributed by atoms with van der Waals surface area (Å²) in [7, 11) is 0. The van der Waals surface area contributed by atoms with E-state index >= 15 is 0 Å². The number of carbonyl (C=O) groups excluding carboxylic acids is 2. The van der Waals surface area contributed by atoms with E-state index in [1.54, 1.807) is 0 Å².